The van der Waals surface area contributed by atoms with Crippen LogP contribution in [0.1, 0.15) is 38.8 Å². The van der Waals surface area contributed by atoms with Crippen molar-refractivity contribution in [3.63, 3.8) is 0 Å². The van der Waals surface area contributed by atoms with E-state index in [1.807, 2.05) is 13.8 Å². The lowest BCUT2D eigenvalue weighted by atomic mass is 9.94. The molecular weight excluding hydrogens is 229 g/mol. The van der Waals surface area contributed by atoms with Crippen LogP contribution in [0, 0.1) is 6.92 Å². The maximum absolute atomic E-state index is 12.1. The molecule has 0 fully saturated rings. The van der Waals surface area contributed by atoms with E-state index >= 15 is 0 Å². The minimum absolute atomic E-state index is 0.544. The lowest BCUT2D eigenvalue weighted by Crippen LogP contribution is -2.30. The van der Waals surface area contributed by atoms with E-state index in [4.69, 9.17) is 0 Å². The minimum atomic E-state index is -4.62. The molecule has 1 rings (SSSR count). The fourth-order valence-electron chi connectivity index (χ4n) is 1.59. The van der Waals surface area contributed by atoms with Gasteiger partial charge in [0.15, 0.2) is 0 Å². The summed E-state index contributed by atoms with van der Waals surface area (Å²) in [7, 11) is 0. The Hall–Kier alpha value is -1.03. The third kappa shape index (κ3) is 5.22. The summed E-state index contributed by atoms with van der Waals surface area (Å²) in [4.78, 5) is 0. The second-order valence-electron chi connectivity index (χ2n) is 3.87. The normalized spacial score (nSPS) is 11.8. The number of hydrogen-bond acceptors (Lipinski definition) is 1. The molecular formula is C13H19F3O. The van der Waals surface area contributed by atoms with Gasteiger partial charge in [-0.3, -0.25) is 4.74 Å². The van der Waals surface area contributed by atoms with Crippen LogP contribution in [-0.4, -0.2) is 6.36 Å². The summed E-state index contributed by atoms with van der Waals surface area (Å²) in [6.45, 7) is 8.57. The van der Waals surface area contributed by atoms with Gasteiger partial charge in [-0.1, -0.05) is 38.1 Å². The largest absolute Gasteiger partial charge is 0.523 e. The Labute approximate surface area is 101 Å². The topological polar surface area (TPSA) is 9.23 Å². The second kappa shape index (κ2) is 6.05. The van der Waals surface area contributed by atoms with Crippen LogP contribution >= 0.6 is 0 Å². The molecule has 0 amide bonds. The molecule has 0 aliphatic carbocycles. The summed E-state index contributed by atoms with van der Waals surface area (Å²) in [6, 6.07) is 6.88. The van der Waals surface area contributed by atoms with Crippen LogP contribution in [0.4, 0.5) is 13.2 Å². The third-order valence-corrected chi connectivity index (χ3v) is 2.16. The number of ether oxygens (including phenoxy) is 1. The van der Waals surface area contributed by atoms with Gasteiger partial charge >= 0.3 is 6.36 Å². The Morgan fingerprint density at radius 3 is 1.88 bits per heavy atom. The molecule has 0 spiro atoms. The fraction of sp³-hybridized carbons (Fsp3) is 0.538. The van der Waals surface area contributed by atoms with E-state index < -0.39 is 12.0 Å². The van der Waals surface area contributed by atoms with Gasteiger partial charge in [-0.05, 0) is 31.9 Å². The highest BCUT2D eigenvalue weighted by Crippen LogP contribution is 2.34. The van der Waals surface area contributed by atoms with Gasteiger partial charge in [-0.15, -0.1) is 13.2 Å². The molecule has 4 heteroatoms. The lowest BCUT2D eigenvalue weighted by Gasteiger charge is -2.28. The summed E-state index contributed by atoms with van der Waals surface area (Å²) in [5, 5.41) is 0. The zero-order valence-corrected chi connectivity index (χ0v) is 10.9. The molecule has 0 saturated carbocycles. The molecule has 0 heterocycles. The number of hydrogen-bond donors (Lipinski definition) is 0. The van der Waals surface area contributed by atoms with E-state index in [0.717, 1.165) is 5.56 Å². The Morgan fingerprint density at radius 1 is 1.00 bits per heavy atom. The van der Waals surface area contributed by atoms with Gasteiger partial charge in [0.05, 0.1) is 5.60 Å². The van der Waals surface area contributed by atoms with Crippen molar-refractivity contribution in [3.8, 4) is 0 Å². The standard InChI is InChI=1S/C11H13F3O.C2H6/c1-8-6-4-5-7-9(8)10(2,3)15-11(12,13)14;1-2/h4-7H,1-3H3;1-2H3. The number of rotatable bonds is 2. The van der Waals surface area contributed by atoms with Crippen molar-refractivity contribution >= 4 is 0 Å². The van der Waals surface area contributed by atoms with Crippen molar-refractivity contribution in [2.45, 2.75) is 46.6 Å². The summed E-state index contributed by atoms with van der Waals surface area (Å²) in [5.74, 6) is 0. The van der Waals surface area contributed by atoms with E-state index in [0.29, 0.717) is 5.56 Å². The summed E-state index contributed by atoms with van der Waals surface area (Å²) >= 11 is 0. The van der Waals surface area contributed by atoms with E-state index in [2.05, 4.69) is 4.74 Å². The molecule has 0 bridgehead atoms. The highest BCUT2D eigenvalue weighted by Gasteiger charge is 2.39. The Bertz CT molecular complexity index is 343. The highest BCUT2D eigenvalue weighted by atomic mass is 19.4. The second-order valence-corrected chi connectivity index (χ2v) is 3.87. The van der Waals surface area contributed by atoms with Crippen LogP contribution < -0.4 is 0 Å². The number of benzene rings is 1. The molecule has 0 aromatic heterocycles. The third-order valence-electron chi connectivity index (χ3n) is 2.16. The number of halogens is 3. The number of alkyl halides is 3. The SMILES string of the molecule is CC.Cc1ccccc1C(C)(C)OC(F)(F)F. The zero-order chi connectivity index (χ0) is 13.7. The van der Waals surface area contributed by atoms with E-state index in [-0.39, 0.29) is 0 Å². The van der Waals surface area contributed by atoms with Gasteiger partial charge in [-0.25, -0.2) is 0 Å². The molecule has 0 atom stereocenters. The first-order valence-corrected chi connectivity index (χ1v) is 5.55. The molecule has 1 aromatic carbocycles. The van der Waals surface area contributed by atoms with Crippen molar-refractivity contribution in [2.24, 2.45) is 0 Å². The molecule has 1 nitrogen and oxygen atoms in total. The van der Waals surface area contributed by atoms with Gasteiger partial charge in [0.25, 0.3) is 0 Å². The van der Waals surface area contributed by atoms with Gasteiger partial charge < -0.3 is 0 Å². The van der Waals surface area contributed by atoms with Gasteiger partial charge in [0.1, 0.15) is 0 Å². The first kappa shape index (κ1) is 16.0. The van der Waals surface area contributed by atoms with Crippen molar-refractivity contribution in [1.29, 1.82) is 0 Å². The van der Waals surface area contributed by atoms with Gasteiger partial charge in [-0.2, -0.15) is 0 Å². The average Bonchev–Trinajstić information content (AvgIpc) is 2.17. The van der Waals surface area contributed by atoms with Crippen LogP contribution in [0.15, 0.2) is 24.3 Å². The molecule has 17 heavy (non-hydrogen) atoms. The average molecular weight is 248 g/mol. The molecule has 0 N–H and O–H groups in total. The first-order chi connectivity index (χ1) is 7.72. The van der Waals surface area contributed by atoms with E-state index in [1.54, 1.807) is 31.2 Å². The summed E-state index contributed by atoms with van der Waals surface area (Å²) in [6.07, 6.45) is -4.62. The van der Waals surface area contributed by atoms with Gasteiger partial charge in [0, 0.05) is 0 Å². The van der Waals surface area contributed by atoms with Crippen molar-refractivity contribution in [1.82, 2.24) is 0 Å². The van der Waals surface area contributed by atoms with Crippen LogP contribution in [-0.2, 0) is 10.3 Å². The highest BCUT2D eigenvalue weighted by molar-refractivity contribution is 5.30. The minimum Gasteiger partial charge on any atom is -0.281 e. The maximum Gasteiger partial charge on any atom is 0.523 e. The Kier molecular flexibility index (Phi) is 5.69. The quantitative estimate of drug-likeness (QED) is 0.731. The molecule has 0 saturated heterocycles. The van der Waals surface area contributed by atoms with Crippen molar-refractivity contribution < 1.29 is 17.9 Å². The molecule has 0 radical (unpaired) electrons. The Morgan fingerprint density at radius 2 is 1.47 bits per heavy atom. The fourth-order valence-corrected chi connectivity index (χ4v) is 1.59. The molecule has 0 aliphatic rings. The van der Waals surface area contributed by atoms with Crippen LogP contribution in [0.3, 0.4) is 0 Å². The molecule has 0 aliphatic heterocycles. The zero-order valence-electron chi connectivity index (χ0n) is 10.9. The number of aryl methyl sites for hydroxylation is 1. The van der Waals surface area contributed by atoms with Crippen LogP contribution in [0.2, 0.25) is 0 Å². The van der Waals surface area contributed by atoms with Crippen LogP contribution in [0.5, 0.6) is 0 Å². The van der Waals surface area contributed by atoms with E-state index in [9.17, 15) is 13.2 Å². The van der Waals surface area contributed by atoms with Gasteiger partial charge in [0.2, 0.25) is 0 Å². The van der Waals surface area contributed by atoms with Crippen LogP contribution in [0.25, 0.3) is 0 Å². The predicted octanol–water partition coefficient (Wildman–Crippen LogP) is 4.79. The maximum atomic E-state index is 12.1. The van der Waals surface area contributed by atoms with E-state index in [1.165, 1.54) is 13.8 Å². The predicted molar refractivity (Wildman–Crippen MR) is 62.7 cm³/mol. The molecule has 0 unspecified atom stereocenters. The molecule has 1 aromatic rings. The monoisotopic (exact) mass is 248 g/mol. The first-order valence-electron chi connectivity index (χ1n) is 5.55. The Balaban J connectivity index is 0.00000121. The molecule has 98 valence electrons. The lowest BCUT2D eigenvalue weighted by molar-refractivity contribution is -0.364. The van der Waals surface area contributed by atoms with Crippen molar-refractivity contribution in [3.05, 3.63) is 35.4 Å². The smallest absolute Gasteiger partial charge is 0.281 e. The van der Waals surface area contributed by atoms with Crippen molar-refractivity contribution in [2.75, 3.05) is 0 Å². The summed E-state index contributed by atoms with van der Waals surface area (Å²) < 4.78 is 40.5. The summed E-state index contributed by atoms with van der Waals surface area (Å²) in [5.41, 5.74) is -0.0297.